The van der Waals surface area contributed by atoms with Crippen LogP contribution in [0.1, 0.15) is 0 Å². The van der Waals surface area contributed by atoms with E-state index in [4.69, 9.17) is 4.74 Å². The van der Waals surface area contributed by atoms with Gasteiger partial charge in [0.25, 0.3) is 0 Å². The van der Waals surface area contributed by atoms with Crippen LogP contribution in [-0.4, -0.2) is 19.3 Å². The number of nitrogens with zero attached hydrogens (tertiary/aromatic N) is 4. The predicted octanol–water partition coefficient (Wildman–Crippen LogP) is 5.02. The minimum atomic E-state index is -0.520. The number of hydrogen-bond acceptors (Lipinski definition) is 4. The molecule has 0 aliphatic heterocycles. The molecule has 0 unspecified atom stereocenters. The van der Waals surface area contributed by atoms with Crippen molar-refractivity contribution >= 4 is 0 Å². The Morgan fingerprint density at radius 3 is 2.38 bits per heavy atom. The van der Waals surface area contributed by atoms with E-state index >= 15 is 0 Å². The van der Waals surface area contributed by atoms with Crippen LogP contribution in [0.2, 0.25) is 0 Å². The van der Waals surface area contributed by atoms with E-state index in [0.717, 1.165) is 15.8 Å². The van der Waals surface area contributed by atoms with Crippen LogP contribution in [0.5, 0.6) is 11.5 Å². The molecule has 0 radical (unpaired) electrons. The third kappa shape index (κ3) is 3.79. The van der Waals surface area contributed by atoms with Crippen LogP contribution in [0, 0.1) is 5.82 Å². The van der Waals surface area contributed by atoms with Gasteiger partial charge in [-0.2, -0.15) is 9.78 Å². The van der Waals surface area contributed by atoms with E-state index in [0.29, 0.717) is 17.1 Å². The van der Waals surface area contributed by atoms with Crippen LogP contribution in [0.3, 0.4) is 0 Å². The topological polar surface area (TPSA) is 61.9 Å². The first-order valence-corrected chi connectivity index (χ1v) is 9.89. The van der Waals surface area contributed by atoms with Crippen molar-refractivity contribution in [3.05, 3.63) is 120 Å². The Hall–Kier alpha value is -4.52. The van der Waals surface area contributed by atoms with Crippen LogP contribution in [-0.2, 0) is 0 Å². The smallest absolute Gasteiger partial charge is 0.316 e. The second-order valence-corrected chi connectivity index (χ2v) is 7.02. The zero-order valence-corrected chi connectivity index (χ0v) is 16.8. The van der Waals surface area contributed by atoms with Crippen molar-refractivity contribution in [1.29, 1.82) is 0 Å². The third-order valence-corrected chi connectivity index (χ3v) is 4.93. The van der Waals surface area contributed by atoms with Gasteiger partial charge in [-0.15, -0.1) is 0 Å². The van der Waals surface area contributed by atoms with E-state index in [1.54, 1.807) is 41.5 Å². The van der Waals surface area contributed by atoms with Crippen molar-refractivity contribution in [2.45, 2.75) is 0 Å². The van der Waals surface area contributed by atoms with Crippen molar-refractivity contribution < 1.29 is 9.13 Å². The first-order chi connectivity index (χ1) is 15.7. The molecule has 0 saturated heterocycles. The highest BCUT2D eigenvalue weighted by Crippen LogP contribution is 2.27. The largest absolute Gasteiger partial charge is 0.449 e. The summed E-state index contributed by atoms with van der Waals surface area (Å²) in [6.45, 7) is 0. The lowest BCUT2D eigenvalue weighted by atomic mass is 10.1. The van der Waals surface area contributed by atoms with E-state index in [1.165, 1.54) is 24.4 Å². The Morgan fingerprint density at radius 2 is 1.66 bits per heavy atom. The monoisotopic (exact) mass is 424 g/mol. The number of halogens is 1. The van der Waals surface area contributed by atoms with Gasteiger partial charge in [0.2, 0.25) is 5.75 Å². The normalized spacial score (nSPS) is 10.8. The maximum Gasteiger partial charge on any atom is 0.316 e. The fraction of sp³-hybridized carbons (Fsp3) is 0. The minimum absolute atomic E-state index is 0.0507. The molecule has 0 spiro atoms. The highest BCUT2D eigenvalue weighted by molar-refractivity contribution is 5.64. The number of ether oxygens (including phenoxy) is 1. The maximum atomic E-state index is 13.7. The highest BCUT2D eigenvalue weighted by Gasteiger charge is 2.17. The summed E-state index contributed by atoms with van der Waals surface area (Å²) in [6, 6.07) is 23.1. The van der Waals surface area contributed by atoms with E-state index in [9.17, 15) is 9.18 Å². The molecule has 156 valence electrons. The van der Waals surface area contributed by atoms with Gasteiger partial charge in [0.1, 0.15) is 17.3 Å². The molecule has 7 heteroatoms. The molecule has 0 N–H and O–H groups in total. The van der Waals surface area contributed by atoms with Crippen molar-refractivity contribution in [1.82, 2.24) is 19.3 Å². The Labute approximate surface area is 182 Å². The van der Waals surface area contributed by atoms with E-state index in [-0.39, 0.29) is 5.75 Å². The van der Waals surface area contributed by atoms with Crippen molar-refractivity contribution in [3.8, 4) is 34.0 Å². The number of hydrogen-bond donors (Lipinski definition) is 0. The molecule has 5 aromatic rings. The summed E-state index contributed by atoms with van der Waals surface area (Å²) in [7, 11) is 0. The molecule has 5 rings (SSSR count). The van der Waals surface area contributed by atoms with Crippen LogP contribution in [0.25, 0.3) is 22.5 Å². The molecule has 0 aliphatic rings. The summed E-state index contributed by atoms with van der Waals surface area (Å²) < 4.78 is 22.5. The quantitative estimate of drug-likeness (QED) is 0.398. The Balaban J connectivity index is 1.57. The zero-order chi connectivity index (χ0) is 21.9. The SMILES string of the molecule is O=c1c(Oc2ccc(-c3ccccc3)cc2)c(-n2ccnc2)cnn1-c1cccc(F)c1. The summed E-state index contributed by atoms with van der Waals surface area (Å²) in [5.41, 5.74) is 2.31. The Morgan fingerprint density at radius 1 is 0.875 bits per heavy atom. The molecule has 0 amide bonds. The van der Waals surface area contributed by atoms with E-state index in [2.05, 4.69) is 10.1 Å². The fourth-order valence-corrected chi connectivity index (χ4v) is 3.37. The molecule has 0 saturated carbocycles. The minimum Gasteiger partial charge on any atom is -0.449 e. The first kappa shape index (κ1) is 19.4. The molecular formula is C25H17FN4O2. The van der Waals surface area contributed by atoms with Gasteiger partial charge >= 0.3 is 5.56 Å². The molecular weight excluding hydrogens is 407 g/mol. The average molecular weight is 424 g/mol. The zero-order valence-electron chi connectivity index (χ0n) is 16.8. The highest BCUT2D eigenvalue weighted by atomic mass is 19.1. The summed E-state index contributed by atoms with van der Waals surface area (Å²) >= 11 is 0. The average Bonchev–Trinajstić information content (AvgIpc) is 3.36. The summed E-state index contributed by atoms with van der Waals surface area (Å²) in [4.78, 5) is 17.3. The maximum absolute atomic E-state index is 13.7. The fourth-order valence-electron chi connectivity index (χ4n) is 3.37. The van der Waals surface area contributed by atoms with Crippen LogP contribution in [0.15, 0.2) is 109 Å². The molecule has 0 atom stereocenters. The Bertz CT molecular complexity index is 1410. The molecule has 2 aromatic heterocycles. The van der Waals surface area contributed by atoms with Crippen LogP contribution < -0.4 is 10.3 Å². The van der Waals surface area contributed by atoms with Gasteiger partial charge in [0.15, 0.2) is 0 Å². The standard InChI is InChI=1S/C25H17FN4O2/c26-20-7-4-8-21(15-20)30-25(31)24(23(16-28-30)29-14-13-27-17-29)32-22-11-9-19(10-12-22)18-5-2-1-3-6-18/h1-17H. The molecule has 2 heterocycles. The van der Waals surface area contributed by atoms with E-state index < -0.39 is 11.4 Å². The second kappa shape index (κ2) is 8.31. The van der Waals surface area contributed by atoms with E-state index in [1.807, 2.05) is 42.5 Å². The lowest BCUT2D eigenvalue weighted by Gasteiger charge is -2.14. The first-order valence-electron chi connectivity index (χ1n) is 9.89. The summed E-state index contributed by atoms with van der Waals surface area (Å²) in [5.74, 6) is 0.0729. The Kier molecular flexibility index (Phi) is 5.05. The predicted molar refractivity (Wildman–Crippen MR) is 119 cm³/mol. The second-order valence-electron chi connectivity index (χ2n) is 7.02. The third-order valence-electron chi connectivity index (χ3n) is 4.93. The number of imidazole rings is 1. The van der Waals surface area contributed by atoms with Gasteiger partial charge in [-0.25, -0.2) is 9.37 Å². The van der Waals surface area contributed by atoms with Gasteiger partial charge in [-0.05, 0) is 41.5 Å². The van der Waals surface area contributed by atoms with Crippen molar-refractivity contribution in [2.75, 3.05) is 0 Å². The van der Waals surface area contributed by atoms with Crippen molar-refractivity contribution in [2.24, 2.45) is 0 Å². The van der Waals surface area contributed by atoms with Gasteiger partial charge in [-0.1, -0.05) is 48.5 Å². The molecule has 6 nitrogen and oxygen atoms in total. The molecule has 32 heavy (non-hydrogen) atoms. The van der Waals surface area contributed by atoms with Gasteiger partial charge in [0, 0.05) is 12.4 Å². The van der Waals surface area contributed by atoms with Crippen LogP contribution in [0.4, 0.5) is 4.39 Å². The van der Waals surface area contributed by atoms with Crippen LogP contribution >= 0.6 is 0 Å². The van der Waals surface area contributed by atoms with Crippen molar-refractivity contribution in [3.63, 3.8) is 0 Å². The molecule has 0 fully saturated rings. The molecule has 0 aliphatic carbocycles. The van der Waals surface area contributed by atoms with Gasteiger partial charge < -0.3 is 9.30 Å². The summed E-state index contributed by atoms with van der Waals surface area (Å²) in [5, 5.41) is 4.21. The number of aromatic nitrogens is 4. The molecule has 0 bridgehead atoms. The van der Waals surface area contributed by atoms with Gasteiger partial charge in [-0.3, -0.25) is 4.79 Å². The lowest BCUT2D eigenvalue weighted by molar-refractivity contribution is 0.464. The molecule has 3 aromatic carbocycles. The van der Waals surface area contributed by atoms with Gasteiger partial charge in [0.05, 0.1) is 18.2 Å². The summed E-state index contributed by atoms with van der Waals surface area (Å²) in [6.07, 6.45) is 6.32. The number of benzene rings is 3. The lowest BCUT2D eigenvalue weighted by Crippen LogP contribution is -2.24. The number of rotatable bonds is 5.